The van der Waals surface area contributed by atoms with Crippen molar-refractivity contribution in [1.82, 2.24) is 4.90 Å². The van der Waals surface area contributed by atoms with Crippen molar-refractivity contribution in [2.45, 2.75) is 43.0 Å². The molecule has 0 N–H and O–H groups in total. The number of carbonyl (C=O) groups excluding carboxylic acids is 1. The minimum Gasteiger partial charge on any atom is -0.437 e. The molecule has 4 rings (SSSR count). The molecule has 160 valence electrons. The molecule has 2 aromatic carbocycles. The average Bonchev–Trinajstić information content (AvgIpc) is 2.81. The summed E-state index contributed by atoms with van der Waals surface area (Å²) >= 11 is 0. The predicted molar refractivity (Wildman–Crippen MR) is 122 cm³/mol. The van der Waals surface area contributed by atoms with E-state index in [0.717, 1.165) is 11.1 Å². The number of hydrogen-bond donors (Lipinski definition) is 0. The predicted octanol–water partition coefficient (Wildman–Crippen LogP) is 6.31. The van der Waals surface area contributed by atoms with E-state index >= 15 is 4.39 Å². The molecule has 4 heteroatoms. The number of cyclic esters (lactones) is 1. The zero-order valence-electron chi connectivity index (χ0n) is 17.8. The number of nitrogens with zero attached hydrogens (tertiary/aromatic N) is 1. The van der Waals surface area contributed by atoms with Crippen LogP contribution in [0.15, 0.2) is 97.6 Å². The van der Waals surface area contributed by atoms with Crippen molar-refractivity contribution < 1.29 is 13.9 Å². The van der Waals surface area contributed by atoms with Gasteiger partial charge in [0.1, 0.15) is 5.60 Å². The summed E-state index contributed by atoms with van der Waals surface area (Å²) in [4.78, 5) is 14.5. The standard InChI is InChI=1S/C27H28FNO2/c1-3-16-27(24-12-8-5-9-13-24)19-20-29(25(30)31-27)21(2)26(28)17-14-23(15-18-26)22-10-6-4-7-11-22/h3-15,17-18,21,23H,1,16,19-20H2,2H3/t21-,23?,26?,27-/m0/s1. The molecule has 2 aromatic rings. The summed E-state index contributed by atoms with van der Waals surface area (Å²) in [5.41, 5.74) is -0.445. The summed E-state index contributed by atoms with van der Waals surface area (Å²) in [6.07, 6.45) is 9.26. The van der Waals surface area contributed by atoms with E-state index in [1.54, 1.807) is 25.2 Å². The lowest BCUT2D eigenvalue weighted by atomic mass is 9.83. The first-order valence-corrected chi connectivity index (χ1v) is 10.8. The van der Waals surface area contributed by atoms with Gasteiger partial charge < -0.3 is 9.64 Å². The van der Waals surface area contributed by atoms with Gasteiger partial charge >= 0.3 is 6.09 Å². The summed E-state index contributed by atoms with van der Waals surface area (Å²) in [5.74, 6) is 0.0314. The monoisotopic (exact) mass is 417 g/mol. The molecule has 0 saturated carbocycles. The maximum Gasteiger partial charge on any atom is 0.411 e. The second kappa shape index (κ2) is 8.54. The molecule has 0 spiro atoms. The van der Waals surface area contributed by atoms with Gasteiger partial charge in [-0.15, -0.1) is 6.58 Å². The second-order valence-corrected chi connectivity index (χ2v) is 8.32. The van der Waals surface area contributed by atoms with Crippen molar-refractivity contribution in [3.05, 3.63) is 109 Å². The molecule has 0 unspecified atom stereocenters. The molecule has 3 nitrogen and oxygen atoms in total. The number of ether oxygens (including phenoxy) is 1. The van der Waals surface area contributed by atoms with Crippen LogP contribution in [0.1, 0.15) is 36.8 Å². The van der Waals surface area contributed by atoms with Gasteiger partial charge in [-0.1, -0.05) is 78.9 Å². The number of rotatable bonds is 6. The van der Waals surface area contributed by atoms with E-state index in [9.17, 15) is 4.79 Å². The zero-order valence-corrected chi connectivity index (χ0v) is 17.8. The van der Waals surface area contributed by atoms with Gasteiger partial charge in [-0.05, 0) is 30.2 Å². The minimum atomic E-state index is -1.74. The molecular formula is C27H28FNO2. The van der Waals surface area contributed by atoms with Crippen LogP contribution in [0.25, 0.3) is 0 Å². The lowest BCUT2D eigenvalue weighted by Crippen LogP contribution is -2.56. The minimum absolute atomic E-state index is 0.0314. The van der Waals surface area contributed by atoms with E-state index in [4.69, 9.17) is 4.74 Å². The Hall–Kier alpha value is -3.14. The SMILES string of the molecule is C=CC[C@@]1(c2ccccc2)CCN([C@@H](C)C2(F)C=CC(c3ccccc3)C=C2)C(=O)O1. The van der Waals surface area contributed by atoms with E-state index in [1.165, 1.54) is 4.90 Å². The van der Waals surface area contributed by atoms with Gasteiger partial charge in [0.2, 0.25) is 0 Å². The Bertz CT molecular complexity index is 971. The number of alkyl halides is 1. The highest BCUT2D eigenvalue weighted by Gasteiger charge is 2.46. The van der Waals surface area contributed by atoms with Crippen LogP contribution < -0.4 is 0 Å². The van der Waals surface area contributed by atoms with Crippen molar-refractivity contribution in [2.24, 2.45) is 0 Å². The Morgan fingerprint density at radius 2 is 1.74 bits per heavy atom. The van der Waals surface area contributed by atoms with Crippen LogP contribution in [0.5, 0.6) is 0 Å². The topological polar surface area (TPSA) is 29.5 Å². The van der Waals surface area contributed by atoms with E-state index < -0.39 is 23.4 Å². The molecule has 1 fully saturated rings. The normalized spacial score (nSPS) is 28.8. The number of carbonyl (C=O) groups is 1. The Morgan fingerprint density at radius 3 is 2.32 bits per heavy atom. The number of hydrogen-bond acceptors (Lipinski definition) is 2. The first-order chi connectivity index (χ1) is 15.0. The molecule has 1 heterocycles. The number of halogens is 1. The maximum atomic E-state index is 15.8. The van der Waals surface area contributed by atoms with E-state index in [-0.39, 0.29) is 5.92 Å². The Morgan fingerprint density at radius 1 is 1.13 bits per heavy atom. The Balaban J connectivity index is 1.50. The van der Waals surface area contributed by atoms with E-state index in [0.29, 0.717) is 19.4 Å². The lowest BCUT2D eigenvalue weighted by molar-refractivity contribution is -0.0672. The van der Waals surface area contributed by atoms with Crippen LogP contribution in [0.4, 0.5) is 9.18 Å². The molecule has 2 atom stereocenters. The molecule has 1 saturated heterocycles. The molecular weight excluding hydrogens is 389 g/mol. The van der Waals surface area contributed by atoms with Crippen LogP contribution >= 0.6 is 0 Å². The largest absolute Gasteiger partial charge is 0.437 e. The second-order valence-electron chi connectivity index (χ2n) is 8.32. The van der Waals surface area contributed by atoms with Crippen LogP contribution in [0, 0.1) is 0 Å². The summed E-state index contributed by atoms with van der Waals surface area (Å²) < 4.78 is 21.8. The van der Waals surface area contributed by atoms with Crippen molar-refractivity contribution >= 4 is 6.09 Å². The third-order valence-electron chi connectivity index (χ3n) is 6.46. The fraction of sp³-hybridized carbons (Fsp3) is 0.296. The molecule has 0 aromatic heterocycles. The molecule has 1 aliphatic heterocycles. The van der Waals surface area contributed by atoms with Gasteiger partial charge in [-0.3, -0.25) is 0 Å². The molecule has 1 aliphatic carbocycles. The molecule has 0 bridgehead atoms. The number of benzene rings is 2. The fourth-order valence-electron chi connectivity index (χ4n) is 4.50. The van der Waals surface area contributed by atoms with Gasteiger partial charge in [0, 0.05) is 25.3 Å². The van der Waals surface area contributed by atoms with Crippen molar-refractivity contribution in [2.75, 3.05) is 6.54 Å². The third-order valence-corrected chi connectivity index (χ3v) is 6.46. The number of amides is 1. The van der Waals surface area contributed by atoms with Crippen LogP contribution in [0.3, 0.4) is 0 Å². The van der Waals surface area contributed by atoms with Crippen LogP contribution in [-0.2, 0) is 10.3 Å². The van der Waals surface area contributed by atoms with Crippen molar-refractivity contribution in [3.63, 3.8) is 0 Å². The molecule has 1 amide bonds. The highest BCUT2D eigenvalue weighted by molar-refractivity contribution is 5.70. The average molecular weight is 418 g/mol. The number of allylic oxidation sites excluding steroid dienone is 2. The van der Waals surface area contributed by atoms with E-state index in [1.807, 2.05) is 72.8 Å². The lowest BCUT2D eigenvalue weighted by Gasteiger charge is -2.45. The zero-order chi connectivity index (χ0) is 21.9. The smallest absolute Gasteiger partial charge is 0.411 e. The van der Waals surface area contributed by atoms with Gasteiger partial charge in [0.15, 0.2) is 5.67 Å². The first kappa shape index (κ1) is 21.1. The molecule has 2 aliphatic rings. The van der Waals surface area contributed by atoms with Crippen molar-refractivity contribution in [3.8, 4) is 0 Å². The van der Waals surface area contributed by atoms with Crippen LogP contribution in [0.2, 0.25) is 0 Å². The van der Waals surface area contributed by atoms with Gasteiger partial charge in [-0.2, -0.15) is 0 Å². The quantitative estimate of drug-likeness (QED) is 0.516. The third kappa shape index (κ3) is 4.07. The molecule has 0 radical (unpaired) electrons. The summed E-state index contributed by atoms with van der Waals surface area (Å²) in [6.45, 7) is 5.99. The van der Waals surface area contributed by atoms with Crippen LogP contribution in [-0.4, -0.2) is 29.2 Å². The van der Waals surface area contributed by atoms with Crippen molar-refractivity contribution in [1.29, 1.82) is 0 Å². The Labute approximate surface area is 183 Å². The van der Waals surface area contributed by atoms with Gasteiger partial charge in [0.05, 0.1) is 6.04 Å². The Kier molecular flexibility index (Phi) is 5.81. The fourth-order valence-corrected chi connectivity index (χ4v) is 4.50. The van der Waals surface area contributed by atoms with Gasteiger partial charge in [-0.25, -0.2) is 9.18 Å². The maximum absolute atomic E-state index is 15.8. The summed E-state index contributed by atoms with van der Waals surface area (Å²) in [6, 6.07) is 19.0. The first-order valence-electron chi connectivity index (χ1n) is 10.8. The highest BCUT2D eigenvalue weighted by atomic mass is 19.1. The van der Waals surface area contributed by atoms with E-state index in [2.05, 4.69) is 6.58 Å². The summed E-state index contributed by atoms with van der Waals surface area (Å²) in [5, 5.41) is 0. The highest BCUT2D eigenvalue weighted by Crippen LogP contribution is 2.40. The van der Waals surface area contributed by atoms with Gasteiger partial charge in [0.25, 0.3) is 0 Å². The summed E-state index contributed by atoms with van der Waals surface area (Å²) in [7, 11) is 0. The molecule has 31 heavy (non-hydrogen) atoms.